The van der Waals surface area contributed by atoms with Crippen LogP contribution < -0.4 is 14.4 Å². The number of ether oxygens (including phenoxy) is 1. The first-order valence-corrected chi connectivity index (χ1v) is 12.1. The van der Waals surface area contributed by atoms with Gasteiger partial charge in [-0.3, -0.25) is 9.10 Å². The zero-order chi connectivity index (χ0) is 22.3. The van der Waals surface area contributed by atoms with E-state index in [1.807, 2.05) is 24.3 Å². The van der Waals surface area contributed by atoms with Gasteiger partial charge in [-0.2, -0.15) is 0 Å². The third-order valence-electron chi connectivity index (χ3n) is 5.60. The normalized spacial score (nSPS) is 13.8. The molecule has 0 spiro atoms. The molecule has 31 heavy (non-hydrogen) atoms. The van der Waals surface area contributed by atoms with Crippen molar-refractivity contribution in [2.24, 2.45) is 0 Å². The van der Waals surface area contributed by atoms with Crippen molar-refractivity contribution in [1.82, 2.24) is 0 Å². The van der Waals surface area contributed by atoms with E-state index in [1.54, 1.807) is 12.1 Å². The van der Waals surface area contributed by atoms with Crippen LogP contribution in [0.25, 0.3) is 10.8 Å². The summed E-state index contributed by atoms with van der Waals surface area (Å²) in [6, 6.07) is 13.6. The Morgan fingerprint density at radius 1 is 1.13 bits per heavy atom. The molecule has 0 saturated heterocycles. The fourth-order valence-electron chi connectivity index (χ4n) is 4.21. The summed E-state index contributed by atoms with van der Waals surface area (Å²) in [5.41, 5.74) is 3.39. The molecule has 3 aromatic carbocycles. The van der Waals surface area contributed by atoms with Crippen LogP contribution in [0.2, 0.25) is 5.02 Å². The molecule has 3 aromatic rings. The highest BCUT2D eigenvalue weighted by atomic mass is 35.5. The smallest absolute Gasteiger partial charge is 0.248 e. The summed E-state index contributed by atoms with van der Waals surface area (Å²) < 4.78 is 31.7. The van der Waals surface area contributed by atoms with Crippen molar-refractivity contribution in [3.63, 3.8) is 0 Å². The molecule has 6 nitrogen and oxygen atoms in total. The Bertz CT molecular complexity index is 1280. The van der Waals surface area contributed by atoms with Crippen molar-refractivity contribution in [3.05, 3.63) is 64.7 Å². The Balaban J connectivity index is 1.72. The van der Waals surface area contributed by atoms with Crippen molar-refractivity contribution in [2.75, 3.05) is 23.0 Å². The second-order valence-electron chi connectivity index (χ2n) is 7.65. The van der Waals surface area contributed by atoms with Gasteiger partial charge >= 0.3 is 0 Å². The van der Waals surface area contributed by atoms with Gasteiger partial charge in [-0.15, -0.1) is 0 Å². The Kier molecular flexibility index (Phi) is 5.58. The average molecular weight is 459 g/mol. The Labute approximate surface area is 186 Å². The van der Waals surface area contributed by atoms with Crippen molar-refractivity contribution in [2.45, 2.75) is 25.8 Å². The lowest BCUT2D eigenvalue weighted by molar-refractivity contribution is -0.116. The summed E-state index contributed by atoms with van der Waals surface area (Å²) in [6.45, 7) is 1.54. The monoisotopic (exact) mass is 458 g/mol. The number of carbonyl (C=O) groups is 1. The van der Waals surface area contributed by atoms with E-state index in [0.717, 1.165) is 28.8 Å². The van der Waals surface area contributed by atoms with Crippen LogP contribution in [-0.2, 0) is 27.7 Å². The van der Waals surface area contributed by atoms with Gasteiger partial charge in [0.1, 0.15) is 11.8 Å². The number of benzene rings is 3. The number of hydrogen-bond donors (Lipinski definition) is 1. The molecule has 4 rings (SSSR count). The van der Waals surface area contributed by atoms with E-state index >= 15 is 0 Å². The van der Waals surface area contributed by atoms with Gasteiger partial charge in [0.25, 0.3) is 0 Å². The summed E-state index contributed by atoms with van der Waals surface area (Å²) >= 11 is 6.11. The number of amides is 1. The number of hydrogen-bond acceptors (Lipinski definition) is 4. The maximum absolute atomic E-state index is 13.2. The van der Waals surface area contributed by atoms with Gasteiger partial charge in [-0.1, -0.05) is 35.9 Å². The van der Waals surface area contributed by atoms with Crippen LogP contribution in [0.5, 0.6) is 5.75 Å². The predicted octanol–water partition coefficient (Wildman–Crippen LogP) is 4.39. The van der Waals surface area contributed by atoms with Gasteiger partial charge in [-0.25, -0.2) is 8.42 Å². The largest absolute Gasteiger partial charge is 0.495 e. The standard InChI is InChI=1S/C23H23ClN2O4S/c1-14(26(31(3,28)29)20-13-17(24)10-12-21(20)30-2)23(27)25-19-11-9-16-8-7-15-5-4-6-18(19)22(15)16/h4-6,9-14H,7-8H2,1-3H3,(H,25,27). The molecule has 0 saturated carbocycles. The first kappa shape index (κ1) is 21.5. The first-order chi connectivity index (χ1) is 14.7. The van der Waals surface area contributed by atoms with Gasteiger partial charge in [0, 0.05) is 16.1 Å². The summed E-state index contributed by atoms with van der Waals surface area (Å²) in [6.07, 6.45) is 3.02. The van der Waals surface area contributed by atoms with Gasteiger partial charge < -0.3 is 10.1 Å². The molecule has 8 heteroatoms. The molecule has 1 aliphatic rings. The minimum Gasteiger partial charge on any atom is -0.495 e. The summed E-state index contributed by atoms with van der Waals surface area (Å²) in [4.78, 5) is 13.2. The van der Waals surface area contributed by atoms with Crippen LogP contribution in [0, 0.1) is 0 Å². The summed E-state index contributed by atoms with van der Waals surface area (Å²) in [5, 5.41) is 5.39. The SMILES string of the molecule is COc1ccc(Cl)cc1N(C(C)C(=O)Nc1ccc2c3c(cccc13)CC2)S(C)(=O)=O. The molecule has 0 aliphatic heterocycles. The van der Waals surface area contributed by atoms with Gasteiger partial charge in [0.15, 0.2) is 0 Å². The Hall–Kier alpha value is -2.77. The summed E-state index contributed by atoms with van der Waals surface area (Å²) in [5.74, 6) is -0.147. The maximum atomic E-state index is 13.2. The lowest BCUT2D eigenvalue weighted by atomic mass is 10.0. The molecule has 0 bridgehead atoms. The molecule has 1 unspecified atom stereocenters. The van der Waals surface area contributed by atoms with E-state index in [2.05, 4.69) is 11.4 Å². The number of rotatable bonds is 6. The predicted molar refractivity (Wildman–Crippen MR) is 125 cm³/mol. The number of aryl methyl sites for hydroxylation is 2. The topological polar surface area (TPSA) is 75.7 Å². The third-order valence-corrected chi connectivity index (χ3v) is 7.06. The van der Waals surface area contributed by atoms with E-state index in [9.17, 15) is 13.2 Å². The highest BCUT2D eigenvalue weighted by Crippen LogP contribution is 2.36. The molecule has 1 atom stereocenters. The fourth-order valence-corrected chi connectivity index (χ4v) is 5.55. The average Bonchev–Trinajstić information content (AvgIpc) is 3.14. The van der Waals surface area contributed by atoms with E-state index in [-0.39, 0.29) is 5.69 Å². The highest BCUT2D eigenvalue weighted by Gasteiger charge is 2.32. The van der Waals surface area contributed by atoms with Gasteiger partial charge in [-0.05, 0) is 60.5 Å². The van der Waals surface area contributed by atoms with Crippen LogP contribution in [-0.4, -0.2) is 33.7 Å². The van der Waals surface area contributed by atoms with Crippen molar-refractivity contribution >= 4 is 49.7 Å². The number of nitrogens with zero attached hydrogens (tertiary/aromatic N) is 1. The van der Waals surface area contributed by atoms with E-state index in [4.69, 9.17) is 16.3 Å². The van der Waals surface area contributed by atoms with Crippen molar-refractivity contribution < 1.29 is 17.9 Å². The van der Waals surface area contributed by atoms with E-state index < -0.39 is 22.0 Å². The molecule has 162 valence electrons. The molecule has 1 amide bonds. The fraction of sp³-hybridized carbons (Fsp3) is 0.261. The Morgan fingerprint density at radius 3 is 2.52 bits per heavy atom. The quantitative estimate of drug-likeness (QED) is 0.594. The maximum Gasteiger partial charge on any atom is 0.248 e. The molecule has 0 fully saturated rings. The number of anilines is 2. The minimum absolute atomic E-state index is 0.209. The van der Waals surface area contributed by atoms with Crippen LogP contribution >= 0.6 is 11.6 Å². The molecular formula is C23H23ClN2O4S. The lowest BCUT2D eigenvalue weighted by Gasteiger charge is -2.29. The zero-order valence-corrected chi connectivity index (χ0v) is 19.0. The van der Waals surface area contributed by atoms with E-state index in [1.165, 1.54) is 36.6 Å². The zero-order valence-electron chi connectivity index (χ0n) is 17.5. The number of nitrogens with one attached hydrogen (secondary N) is 1. The molecule has 0 radical (unpaired) electrons. The number of sulfonamides is 1. The van der Waals surface area contributed by atoms with Crippen LogP contribution in [0.3, 0.4) is 0 Å². The molecule has 1 aliphatic carbocycles. The molecule has 1 N–H and O–H groups in total. The number of halogens is 1. The highest BCUT2D eigenvalue weighted by molar-refractivity contribution is 7.92. The first-order valence-electron chi connectivity index (χ1n) is 9.88. The molecule has 0 aromatic heterocycles. The summed E-state index contributed by atoms with van der Waals surface area (Å²) in [7, 11) is -2.38. The number of carbonyl (C=O) groups excluding carboxylic acids is 1. The van der Waals surface area contributed by atoms with Crippen LogP contribution in [0.1, 0.15) is 18.1 Å². The Morgan fingerprint density at radius 2 is 1.84 bits per heavy atom. The number of methoxy groups -OCH3 is 1. The minimum atomic E-state index is -3.82. The van der Waals surface area contributed by atoms with Gasteiger partial charge in [0.05, 0.1) is 19.1 Å². The van der Waals surface area contributed by atoms with Crippen LogP contribution in [0.15, 0.2) is 48.5 Å². The van der Waals surface area contributed by atoms with Gasteiger partial charge in [0.2, 0.25) is 15.9 Å². The lowest BCUT2D eigenvalue weighted by Crippen LogP contribution is -2.45. The second kappa shape index (κ2) is 8.05. The van der Waals surface area contributed by atoms with Crippen LogP contribution in [0.4, 0.5) is 11.4 Å². The second-order valence-corrected chi connectivity index (χ2v) is 9.95. The van der Waals surface area contributed by atoms with Crippen molar-refractivity contribution in [3.8, 4) is 5.75 Å². The van der Waals surface area contributed by atoms with Crippen molar-refractivity contribution in [1.29, 1.82) is 0 Å². The molecular weight excluding hydrogens is 436 g/mol. The molecule has 0 heterocycles. The third kappa shape index (κ3) is 3.95. The van der Waals surface area contributed by atoms with E-state index in [0.29, 0.717) is 16.5 Å².